The third-order valence-electron chi connectivity index (χ3n) is 2.98. The van der Waals surface area contributed by atoms with Crippen molar-refractivity contribution in [3.8, 4) is 5.88 Å². The van der Waals surface area contributed by atoms with E-state index in [2.05, 4.69) is 36.0 Å². The highest BCUT2D eigenvalue weighted by molar-refractivity contribution is 6.36. The summed E-state index contributed by atoms with van der Waals surface area (Å²) in [6.45, 7) is 10.6. The number of ether oxygens (including phenoxy) is 1. The zero-order valence-electron chi connectivity index (χ0n) is 12.4. The third-order valence-corrected chi connectivity index (χ3v) is 3.54. The Kier molecular flexibility index (Phi) is 8.04. The van der Waals surface area contributed by atoms with E-state index in [1.54, 1.807) is 6.07 Å². The van der Waals surface area contributed by atoms with Gasteiger partial charge in [0.1, 0.15) is 17.4 Å². The van der Waals surface area contributed by atoms with E-state index in [1.807, 2.05) is 0 Å². The Morgan fingerprint density at radius 3 is 2.50 bits per heavy atom. The molecular weight excluding hydrogens is 297 g/mol. The van der Waals surface area contributed by atoms with Crippen molar-refractivity contribution in [2.24, 2.45) is 0 Å². The van der Waals surface area contributed by atoms with Crippen molar-refractivity contribution in [3.63, 3.8) is 0 Å². The van der Waals surface area contributed by atoms with Gasteiger partial charge in [0, 0.05) is 13.1 Å². The fourth-order valence-corrected chi connectivity index (χ4v) is 2.21. The average molecular weight is 320 g/mol. The molecule has 1 heterocycles. The molecule has 1 rings (SSSR count). The van der Waals surface area contributed by atoms with E-state index in [-0.39, 0.29) is 0 Å². The Hall–Kier alpha value is -0.710. The maximum Gasteiger partial charge on any atom is 0.234 e. The van der Waals surface area contributed by atoms with Crippen molar-refractivity contribution >= 4 is 29.0 Å². The SMILES string of the molecule is CCCNc1nc(OCCN(CC)CC)c(Cl)cc1Cl. The van der Waals surface area contributed by atoms with E-state index < -0.39 is 0 Å². The lowest BCUT2D eigenvalue weighted by atomic mass is 10.4. The number of hydrogen-bond acceptors (Lipinski definition) is 4. The van der Waals surface area contributed by atoms with E-state index in [9.17, 15) is 0 Å². The summed E-state index contributed by atoms with van der Waals surface area (Å²) in [6.07, 6.45) is 0.999. The summed E-state index contributed by atoms with van der Waals surface area (Å²) >= 11 is 12.2. The summed E-state index contributed by atoms with van der Waals surface area (Å²) in [5.41, 5.74) is 0. The van der Waals surface area contributed by atoms with Crippen LogP contribution in [0, 0.1) is 0 Å². The number of aromatic nitrogens is 1. The predicted molar refractivity (Wildman–Crippen MR) is 86.3 cm³/mol. The van der Waals surface area contributed by atoms with Crippen LogP contribution in [-0.4, -0.2) is 42.7 Å². The molecule has 0 saturated heterocycles. The minimum atomic E-state index is 0.432. The number of anilines is 1. The lowest BCUT2D eigenvalue weighted by molar-refractivity contribution is 0.218. The van der Waals surface area contributed by atoms with Gasteiger partial charge >= 0.3 is 0 Å². The van der Waals surface area contributed by atoms with Gasteiger partial charge in [0.2, 0.25) is 5.88 Å². The summed E-state index contributed by atoms with van der Waals surface area (Å²) in [6, 6.07) is 1.67. The summed E-state index contributed by atoms with van der Waals surface area (Å²) in [7, 11) is 0. The Morgan fingerprint density at radius 1 is 1.20 bits per heavy atom. The van der Waals surface area contributed by atoms with E-state index in [1.165, 1.54) is 0 Å². The quantitative estimate of drug-likeness (QED) is 0.748. The van der Waals surface area contributed by atoms with Crippen LogP contribution in [0.3, 0.4) is 0 Å². The molecule has 0 aromatic carbocycles. The molecule has 0 bridgehead atoms. The molecular formula is C14H23Cl2N3O. The highest BCUT2D eigenvalue weighted by atomic mass is 35.5. The number of nitrogens with one attached hydrogen (secondary N) is 1. The van der Waals surface area contributed by atoms with Crippen LogP contribution in [0.15, 0.2) is 6.07 Å². The number of hydrogen-bond donors (Lipinski definition) is 1. The molecule has 1 N–H and O–H groups in total. The highest BCUT2D eigenvalue weighted by Crippen LogP contribution is 2.30. The van der Waals surface area contributed by atoms with Gasteiger partial charge in [0.25, 0.3) is 0 Å². The van der Waals surface area contributed by atoms with Crippen LogP contribution >= 0.6 is 23.2 Å². The summed E-state index contributed by atoms with van der Waals surface area (Å²) in [5.74, 6) is 1.05. The van der Waals surface area contributed by atoms with Crippen molar-refractivity contribution in [2.75, 3.05) is 38.1 Å². The number of halogens is 2. The summed E-state index contributed by atoms with van der Waals surface area (Å²) in [5, 5.41) is 4.11. The average Bonchev–Trinajstić information content (AvgIpc) is 2.44. The Morgan fingerprint density at radius 2 is 1.90 bits per heavy atom. The maximum absolute atomic E-state index is 6.11. The second kappa shape index (κ2) is 9.27. The monoisotopic (exact) mass is 319 g/mol. The van der Waals surface area contributed by atoms with Crippen molar-refractivity contribution in [1.29, 1.82) is 0 Å². The molecule has 0 aliphatic rings. The first-order chi connectivity index (χ1) is 9.62. The Balaban J connectivity index is 2.64. The fourth-order valence-electron chi connectivity index (χ4n) is 1.73. The maximum atomic E-state index is 6.11. The summed E-state index contributed by atoms with van der Waals surface area (Å²) in [4.78, 5) is 6.62. The van der Waals surface area contributed by atoms with Gasteiger partial charge in [-0.15, -0.1) is 0 Å². The first-order valence-electron chi connectivity index (χ1n) is 7.07. The molecule has 0 amide bonds. The second-order valence-corrected chi connectivity index (χ2v) is 5.22. The van der Waals surface area contributed by atoms with Crippen LogP contribution in [0.5, 0.6) is 5.88 Å². The van der Waals surface area contributed by atoms with E-state index in [4.69, 9.17) is 27.9 Å². The molecule has 0 saturated carbocycles. The van der Waals surface area contributed by atoms with Crippen molar-refractivity contribution in [1.82, 2.24) is 9.88 Å². The first kappa shape index (κ1) is 17.3. The number of pyridine rings is 1. The van der Waals surface area contributed by atoms with E-state index in [0.29, 0.717) is 28.3 Å². The minimum Gasteiger partial charge on any atom is -0.475 e. The smallest absolute Gasteiger partial charge is 0.234 e. The molecule has 4 nitrogen and oxygen atoms in total. The molecule has 1 aromatic rings. The van der Waals surface area contributed by atoms with Gasteiger partial charge in [0.15, 0.2) is 0 Å². The summed E-state index contributed by atoms with van der Waals surface area (Å²) < 4.78 is 5.66. The van der Waals surface area contributed by atoms with Gasteiger partial charge in [-0.1, -0.05) is 44.0 Å². The number of nitrogens with zero attached hydrogens (tertiary/aromatic N) is 2. The van der Waals surface area contributed by atoms with Crippen LogP contribution in [0.4, 0.5) is 5.82 Å². The molecule has 0 atom stereocenters. The molecule has 20 heavy (non-hydrogen) atoms. The van der Waals surface area contributed by atoms with Gasteiger partial charge in [-0.3, -0.25) is 0 Å². The van der Waals surface area contributed by atoms with Gasteiger partial charge in [-0.05, 0) is 25.6 Å². The molecule has 0 aliphatic carbocycles. The van der Waals surface area contributed by atoms with Gasteiger partial charge in [-0.2, -0.15) is 4.98 Å². The van der Waals surface area contributed by atoms with Gasteiger partial charge in [-0.25, -0.2) is 0 Å². The van der Waals surface area contributed by atoms with Crippen LogP contribution in [0.1, 0.15) is 27.2 Å². The topological polar surface area (TPSA) is 37.4 Å². The van der Waals surface area contributed by atoms with Crippen molar-refractivity contribution < 1.29 is 4.74 Å². The second-order valence-electron chi connectivity index (χ2n) is 4.41. The normalized spacial score (nSPS) is 10.9. The van der Waals surface area contributed by atoms with Crippen LogP contribution < -0.4 is 10.1 Å². The predicted octanol–water partition coefficient (Wildman–Crippen LogP) is 3.93. The molecule has 6 heteroatoms. The molecule has 0 fully saturated rings. The number of likely N-dealkylation sites (N-methyl/N-ethyl adjacent to an activating group) is 1. The molecule has 114 valence electrons. The Labute approximate surface area is 131 Å². The Bertz CT molecular complexity index is 412. The standard InChI is InChI=1S/C14H23Cl2N3O/c1-4-7-17-13-11(15)10-12(16)14(18-13)20-9-8-19(5-2)6-3/h10H,4-9H2,1-3H3,(H,17,18). The largest absolute Gasteiger partial charge is 0.475 e. The van der Waals surface area contributed by atoms with E-state index in [0.717, 1.165) is 32.6 Å². The molecule has 1 aromatic heterocycles. The van der Waals surface area contributed by atoms with Crippen LogP contribution in [0.25, 0.3) is 0 Å². The number of rotatable bonds is 9. The van der Waals surface area contributed by atoms with Crippen LogP contribution in [-0.2, 0) is 0 Å². The van der Waals surface area contributed by atoms with Crippen molar-refractivity contribution in [2.45, 2.75) is 27.2 Å². The van der Waals surface area contributed by atoms with Crippen molar-refractivity contribution in [3.05, 3.63) is 16.1 Å². The van der Waals surface area contributed by atoms with Gasteiger partial charge in [0.05, 0.1) is 5.02 Å². The zero-order valence-corrected chi connectivity index (χ0v) is 13.9. The molecule has 0 unspecified atom stereocenters. The highest BCUT2D eigenvalue weighted by Gasteiger charge is 2.10. The van der Waals surface area contributed by atoms with Crippen LogP contribution in [0.2, 0.25) is 10.0 Å². The molecule has 0 aliphatic heterocycles. The lowest BCUT2D eigenvalue weighted by Crippen LogP contribution is -2.28. The minimum absolute atomic E-state index is 0.432. The zero-order chi connectivity index (χ0) is 15.0. The molecule has 0 radical (unpaired) electrons. The lowest BCUT2D eigenvalue weighted by Gasteiger charge is -2.18. The molecule has 0 spiro atoms. The van der Waals surface area contributed by atoms with Gasteiger partial charge < -0.3 is 15.0 Å². The third kappa shape index (κ3) is 5.35. The first-order valence-corrected chi connectivity index (χ1v) is 7.82. The van der Waals surface area contributed by atoms with E-state index >= 15 is 0 Å². The fraction of sp³-hybridized carbons (Fsp3) is 0.643.